The van der Waals surface area contributed by atoms with Crippen LogP contribution in [-0.4, -0.2) is 35.9 Å². The fourth-order valence-corrected chi connectivity index (χ4v) is 3.22. The molecule has 1 N–H and O–H groups in total. The molecule has 0 aliphatic carbocycles. The summed E-state index contributed by atoms with van der Waals surface area (Å²) in [6.07, 6.45) is 0.821. The molecule has 0 radical (unpaired) electrons. The van der Waals surface area contributed by atoms with E-state index in [0.717, 1.165) is 23.1 Å². The predicted molar refractivity (Wildman–Crippen MR) is 121 cm³/mol. The summed E-state index contributed by atoms with van der Waals surface area (Å²) in [6, 6.07) is 10.1. The first kappa shape index (κ1) is 24.0. The molecular weight excluding hydrogens is 423 g/mol. The number of rotatable bonds is 9. The maximum Gasteiger partial charge on any atom is 0.261 e. The van der Waals surface area contributed by atoms with E-state index in [9.17, 15) is 9.59 Å². The molecule has 0 aliphatic heterocycles. The Morgan fingerprint density at radius 3 is 2.27 bits per heavy atom. The minimum absolute atomic E-state index is 0.181. The Morgan fingerprint density at radius 2 is 1.70 bits per heavy atom. The van der Waals surface area contributed by atoms with Crippen LogP contribution in [0, 0.1) is 13.8 Å². The molecule has 5 nitrogen and oxygen atoms in total. The summed E-state index contributed by atoms with van der Waals surface area (Å²) in [5.74, 6) is 0.0870. The lowest BCUT2D eigenvalue weighted by atomic mass is 10.1. The normalized spacial score (nSPS) is 11.7. The number of amides is 2. The van der Waals surface area contributed by atoms with Crippen LogP contribution in [0.4, 0.5) is 0 Å². The van der Waals surface area contributed by atoms with Gasteiger partial charge < -0.3 is 15.0 Å². The minimum Gasteiger partial charge on any atom is -0.484 e. The van der Waals surface area contributed by atoms with E-state index in [-0.39, 0.29) is 25.0 Å². The van der Waals surface area contributed by atoms with Crippen molar-refractivity contribution < 1.29 is 14.3 Å². The highest BCUT2D eigenvalue weighted by Gasteiger charge is 2.26. The number of nitrogens with one attached hydrogen (secondary N) is 1. The van der Waals surface area contributed by atoms with Crippen LogP contribution < -0.4 is 10.1 Å². The molecule has 0 aliphatic rings. The first-order valence-electron chi connectivity index (χ1n) is 9.94. The highest BCUT2D eigenvalue weighted by molar-refractivity contribution is 6.32. The lowest BCUT2D eigenvalue weighted by molar-refractivity contribution is -0.142. The summed E-state index contributed by atoms with van der Waals surface area (Å²) in [5, 5.41) is 4.14. The van der Waals surface area contributed by atoms with Crippen molar-refractivity contribution in [2.45, 2.75) is 46.7 Å². The Hall–Kier alpha value is -2.24. The van der Waals surface area contributed by atoms with Gasteiger partial charge in [-0.3, -0.25) is 9.59 Å². The fraction of sp³-hybridized carbons (Fsp3) is 0.391. The Balaban J connectivity index is 2.16. The Labute approximate surface area is 188 Å². The summed E-state index contributed by atoms with van der Waals surface area (Å²) >= 11 is 12.2. The molecule has 0 fully saturated rings. The number of carbonyl (C=O) groups excluding carboxylic acids is 2. The van der Waals surface area contributed by atoms with E-state index >= 15 is 0 Å². The van der Waals surface area contributed by atoms with Crippen LogP contribution in [0.3, 0.4) is 0 Å². The van der Waals surface area contributed by atoms with Crippen LogP contribution in [0.2, 0.25) is 10.0 Å². The standard InChI is InChI=1S/C23H28Cl2N2O3/c1-5-10-26-23(29)17(4)27(13-18-6-8-19(24)9-7-18)21(28)14-30-20-11-15(2)22(25)16(3)12-20/h6-9,11-12,17H,5,10,13-14H2,1-4H3,(H,26,29). The van der Waals surface area contributed by atoms with Gasteiger partial charge in [-0.1, -0.05) is 42.3 Å². The predicted octanol–water partition coefficient (Wildman–Crippen LogP) is 4.93. The molecule has 0 bridgehead atoms. The largest absolute Gasteiger partial charge is 0.484 e. The van der Waals surface area contributed by atoms with Gasteiger partial charge >= 0.3 is 0 Å². The zero-order chi connectivity index (χ0) is 22.3. The fourth-order valence-electron chi connectivity index (χ4n) is 2.98. The molecule has 0 heterocycles. The summed E-state index contributed by atoms with van der Waals surface area (Å²) in [5.41, 5.74) is 2.63. The maximum absolute atomic E-state index is 13.0. The summed E-state index contributed by atoms with van der Waals surface area (Å²) in [4.78, 5) is 27.0. The molecule has 0 aromatic heterocycles. The molecule has 2 rings (SSSR count). The van der Waals surface area contributed by atoms with Gasteiger partial charge in [0.05, 0.1) is 0 Å². The number of nitrogens with zero attached hydrogens (tertiary/aromatic N) is 1. The van der Waals surface area contributed by atoms with Gasteiger partial charge in [0.2, 0.25) is 5.91 Å². The first-order valence-corrected chi connectivity index (χ1v) is 10.7. The second-order valence-corrected chi connectivity index (χ2v) is 8.09. The minimum atomic E-state index is -0.642. The highest BCUT2D eigenvalue weighted by atomic mass is 35.5. The molecule has 1 unspecified atom stereocenters. The van der Waals surface area contributed by atoms with Gasteiger partial charge in [0, 0.05) is 23.1 Å². The SMILES string of the molecule is CCCNC(=O)C(C)N(Cc1ccc(Cl)cc1)C(=O)COc1cc(C)c(Cl)c(C)c1. The van der Waals surface area contributed by atoms with Crippen molar-refractivity contribution in [3.05, 3.63) is 63.1 Å². The van der Waals surface area contributed by atoms with Crippen molar-refractivity contribution in [2.75, 3.05) is 13.2 Å². The topological polar surface area (TPSA) is 58.6 Å². The molecule has 0 spiro atoms. The van der Waals surface area contributed by atoms with E-state index in [4.69, 9.17) is 27.9 Å². The molecule has 0 saturated heterocycles. The maximum atomic E-state index is 13.0. The number of hydrogen-bond donors (Lipinski definition) is 1. The second-order valence-electron chi connectivity index (χ2n) is 7.27. The van der Waals surface area contributed by atoms with Crippen LogP contribution >= 0.6 is 23.2 Å². The summed E-state index contributed by atoms with van der Waals surface area (Å²) < 4.78 is 5.73. The number of ether oxygens (including phenoxy) is 1. The summed E-state index contributed by atoms with van der Waals surface area (Å²) in [7, 11) is 0. The monoisotopic (exact) mass is 450 g/mol. The Kier molecular flexibility index (Phi) is 9.00. The molecule has 162 valence electrons. The molecule has 0 saturated carbocycles. The van der Waals surface area contributed by atoms with E-state index < -0.39 is 6.04 Å². The zero-order valence-corrected chi connectivity index (χ0v) is 19.3. The van der Waals surface area contributed by atoms with Crippen molar-refractivity contribution in [3.8, 4) is 5.75 Å². The van der Waals surface area contributed by atoms with Crippen molar-refractivity contribution >= 4 is 35.0 Å². The quantitative estimate of drug-likeness (QED) is 0.588. The number of carbonyl (C=O) groups is 2. The van der Waals surface area contributed by atoms with Crippen LogP contribution in [-0.2, 0) is 16.1 Å². The van der Waals surface area contributed by atoms with Gasteiger partial charge in [-0.15, -0.1) is 0 Å². The van der Waals surface area contributed by atoms with Crippen molar-refractivity contribution in [1.82, 2.24) is 10.2 Å². The van der Waals surface area contributed by atoms with Crippen LogP contribution in [0.25, 0.3) is 0 Å². The van der Waals surface area contributed by atoms with Gasteiger partial charge in [0.25, 0.3) is 5.91 Å². The third kappa shape index (κ3) is 6.64. The third-order valence-electron chi connectivity index (χ3n) is 4.75. The molecule has 2 aromatic carbocycles. The average Bonchev–Trinajstić information content (AvgIpc) is 2.73. The molecule has 1 atom stereocenters. The Bertz CT molecular complexity index is 862. The zero-order valence-electron chi connectivity index (χ0n) is 17.8. The molecule has 2 aromatic rings. The van der Waals surface area contributed by atoms with Crippen molar-refractivity contribution in [3.63, 3.8) is 0 Å². The first-order chi connectivity index (χ1) is 14.2. The van der Waals surface area contributed by atoms with E-state index in [1.165, 1.54) is 4.90 Å². The second kappa shape index (κ2) is 11.2. The molecular formula is C23H28Cl2N2O3. The molecule has 7 heteroatoms. The lowest BCUT2D eigenvalue weighted by Gasteiger charge is -2.28. The number of hydrogen-bond acceptors (Lipinski definition) is 3. The average molecular weight is 451 g/mol. The van der Waals surface area contributed by atoms with Gasteiger partial charge in [0.1, 0.15) is 11.8 Å². The smallest absolute Gasteiger partial charge is 0.261 e. The van der Waals surface area contributed by atoms with E-state index in [0.29, 0.717) is 22.3 Å². The van der Waals surface area contributed by atoms with Crippen LogP contribution in [0.15, 0.2) is 36.4 Å². The van der Waals surface area contributed by atoms with E-state index in [2.05, 4.69) is 5.32 Å². The van der Waals surface area contributed by atoms with Gasteiger partial charge in [-0.2, -0.15) is 0 Å². The van der Waals surface area contributed by atoms with Gasteiger partial charge in [-0.25, -0.2) is 0 Å². The third-order valence-corrected chi connectivity index (χ3v) is 5.60. The Morgan fingerprint density at radius 1 is 1.10 bits per heavy atom. The number of benzene rings is 2. The number of halogens is 2. The van der Waals surface area contributed by atoms with Crippen molar-refractivity contribution in [2.24, 2.45) is 0 Å². The van der Waals surface area contributed by atoms with Gasteiger partial charge in [0.15, 0.2) is 6.61 Å². The lowest BCUT2D eigenvalue weighted by Crippen LogP contribution is -2.49. The van der Waals surface area contributed by atoms with Gasteiger partial charge in [-0.05, 0) is 68.1 Å². The van der Waals surface area contributed by atoms with Crippen LogP contribution in [0.1, 0.15) is 37.0 Å². The molecule has 2 amide bonds. The van der Waals surface area contributed by atoms with Crippen molar-refractivity contribution in [1.29, 1.82) is 0 Å². The van der Waals surface area contributed by atoms with Crippen LogP contribution in [0.5, 0.6) is 5.75 Å². The molecule has 30 heavy (non-hydrogen) atoms. The van der Waals surface area contributed by atoms with E-state index in [1.807, 2.05) is 32.9 Å². The summed E-state index contributed by atoms with van der Waals surface area (Å²) in [6.45, 7) is 8.12. The number of aryl methyl sites for hydroxylation is 2. The highest BCUT2D eigenvalue weighted by Crippen LogP contribution is 2.26. The van der Waals surface area contributed by atoms with E-state index in [1.54, 1.807) is 31.2 Å².